The number of likely N-dealkylation sites (N-methyl/N-ethyl adjacent to an activating group) is 1. The number of aromatic nitrogens is 2. The standard InChI is InChI=1S/C12H21N5O/c1-9-14-3-4-17(9)6-5-16(2)12(18)11-7-10(13)8-15-11/h3-4,10-11,15H,5-8,13H2,1-2H3/t10-,11+/m1/s1. The molecule has 0 aromatic carbocycles. The summed E-state index contributed by atoms with van der Waals surface area (Å²) in [6.45, 7) is 4.14. The molecule has 0 radical (unpaired) electrons. The van der Waals surface area contributed by atoms with Crippen LogP contribution in [0.2, 0.25) is 0 Å². The van der Waals surface area contributed by atoms with Gasteiger partial charge in [0.2, 0.25) is 5.91 Å². The van der Waals surface area contributed by atoms with Gasteiger partial charge in [0.05, 0.1) is 6.04 Å². The van der Waals surface area contributed by atoms with E-state index in [1.165, 1.54) is 0 Å². The Labute approximate surface area is 107 Å². The average molecular weight is 251 g/mol. The number of hydrogen-bond acceptors (Lipinski definition) is 4. The molecule has 0 spiro atoms. The molecule has 0 saturated carbocycles. The Morgan fingerprint density at radius 2 is 2.50 bits per heavy atom. The molecule has 1 fully saturated rings. The minimum atomic E-state index is -0.117. The van der Waals surface area contributed by atoms with Gasteiger partial charge >= 0.3 is 0 Å². The van der Waals surface area contributed by atoms with E-state index in [-0.39, 0.29) is 18.0 Å². The van der Waals surface area contributed by atoms with Crippen LogP contribution < -0.4 is 11.1 Å². The van der Waals surface area contributed by atoms with E-state index in [0.29, 0.717) is 6.54 Å². The minimum absolute atomic E-state index is 0.100. The normalized spacial score (nSPS) is 23.3. The number of nitrogens with zero attached hydrogens (tertiary/aromatic N) is 3. The summed E-state index contributed by atoms with van der Waals surface area (Å²) in [6.07, 6.45) is 4.43. The highest BCUT2D eigenvalue weighted by molar-refractivity contribution is 5.82. The van der Waals surface area contributed by atoms with Crippen molar-refractivity contribution < 1.29 is 4.79 Å². The Morgan fingerprint density at radius 1 is 1.72 bits per heavy atom. The molecule has 1 amide bonds. The molecule has 1 aliphatic heterocycles. The fraction of sp³-hybridized carbons (Fsp3) is 0.667. The van der Waals surface area contributed by atoms with Crippen molar-refractivity contribution in [1.29, 1.82) is 0 Å². The lowest BCUT2D eigenvalue weighted by molar-refractivity contribution is -0.131. The van der Waals surface area contributed by atoms with Gasteiger partial charge in [0, 0.05) is 45.1 Å². The molecule has 0 aliphatic carbocycles. The second-order valence-electron chi connectivity index (χ2n) is 4.88. The smallest absolute Gasteiger partial charge is 0.239 e. The predicted molar refractivity (Wildman–Crippen MR) is 69.0 cm³/mol. The molecule has 1 aromatic heterocycles. The summed E-state index contributed by atoms with van der Waals surface area (Å²) < 4.78 is 2.04. The zero-order valence-corrected chi connectivity index (χ0v) is 11.0. The highest BCUT2D eigenvalue weighted by atomic mass is 16.2. The van der Waals surface area contributed by atoms with Crippen molar-refractivity contribution in [2.75, 3.05) is 20.1 Å². The van der Waals surface area contributed by atoms with Gasteiger partial charge in [0.25, 0.3) is 0 Å². The summed E-state index contributed by atoms with van der Waals surface area (Å²) in [4.78, 5) is 18.0. The van der Waals surface area contributed by atoms with Crippen LogP contribution in [0.25, 0.3) is 0 Å². The van der Waals surface area contributed by atoms with Crippen LogP contribution in [0.5, 0.6) is 0 Å². The monoisotopic (exact) mass is 251 g/mol. The van der Waals surface area contributed by atoms with E-state index in [2.05, 4.69) is 10.3 Å². The SMILES string of the molecule is Cc1nccn1CCN(C)C(=O)[C@@H]1C[C@@H](N)CN1. The number of imidazole rings is 1. The van der Waals surface area contributed by atoms with Gasteiger partial charge in [-0.1, -0.05) is 0 Å². The van der Waals surface area contributed by atoms with Crippen molar-refractivity contribution >= 4 is 5.91 Å². The van der Waals surface area contributed by atoms with Gasteiger partial charge in [-0.25, -0.2) is 4.98 Å². The average Bonchev–Trinajstić information content (AvgIpc) is 2.94. The van der Waals surface area contributed by atoms with E-state index >= 15 is 0 Å². The van der Waals surface area contributed by atoms with E-state index in [9.17, 15) is 4.79 Å². The number of aryl methyl sites for hydroxylation is 1. The van der Waals surface area contributed by atoms with Gasteiger partial charge in [-0.15, -0.1) is 0 Å². The van der Waals surface area contributed by atoms with Crippen molar-refractivity contribution in [2.45, 2.75) is 32.0 Å². The Balaban J connectivity index is 1.82. The molecule has 100 valence electrons. The summed E-state index contributed by atoms with van der Waals surface area (Å²) in [5.41, 5.74) is 5.79. The van der Waals surface area contributed by atoms with Gasteiger partial charge in [0.1, 0.15) is 5.82 Å². The summed E-state index contributed by atoms with van der Waals surface area (Å²) in [5.74, 6) is 1.09. The number of nitrogens with two attached hydrogens (primary N) is 1. The van der Waals surface area contributed by atoms with E-state index in [1.54, 1.807) is 11.1 Å². The van der Waals surface area contributed by atoms with Gasteiger partial charge in [-0.2, -0.15) is 0 Å². The first kappa shape index (κ1) is 13.0. The number of rotatable bonds is 4. The van der Waals surface area contributed by atoms with Crippen molar-refractivity contribution in [3.8, 4) is 0 Å². The topological polar surface area (TPSA) is 76.2 Å². The molecule has 2 atom stereocenters. The summed E-state index contributed by atoms with van der Waals surface area (Å²) >= 11 is 0. The van der Waals surface area contributed by atoms with Gasteiger partial charge < -0.3 is 20.5 Å². The molecule has 2 heterocycles. The second kappa shape index (κ2) is 5.49. The fourth-order valence-corrected chi connectivity index (χ4v) is 2.23. The molecular weight excluding hydrogens is 230 g/mol. The number of carbonyl (C=O) groups excluding carboxylic acids is 1. The van der Waals surface area contributed by atoms with Gasteiger partial charge in [0.15, 0.2) is 0 Å². The lowest BCUT2D eigenvalue weighted by Gasteiger charge is -2.21. The Bertz CT molecular complexity index is 416. The number of carbonyl (C=O) groups is 1. The first-order chi connectivity index (χ1) is 8.58. The minimum Gasteiger partial charge on any atom is -0.343 e. The van der Waals surface area contributed by atoms with Gasteiger partial charge in [-0.05, 0) is 13.3 Å². The molecule has 3 N–H and O–H groups in total. The lowest BCUT2D eigenvalue weighted by Crippen LogP contribution is -2.42. The Hall–Kier alpha value is -1.40. The zero-order valence-electron chi connectivity index (χ0n) is 11.0. The van der Waals surface area contributed by atoms with Crippen LogP contribution in [0, 0.1) is 6.92 Å². The van der Waals surface area contributed by atoms with Crippen LogP contribution in [-0.4, -0.2) is 52.6 Å². The van der Waals surface area contributed by atoms with Crippen LogP contribution in [0.3, 0.4) is 0 Å². The Kier molecular flexibility index (Phi) is 3.98. The third-order valence-electron chi connectivity index (χ3n) is 3.44. The van der Waals surface area contributed by atoms with Crippen molar-refractivity contribution in [3.05, 3.63) is 18.2 Å². The number of amides is 1. The Morgan fingerprint density at radius 3 is 3.06 bits per heavy atom. The molecule has 1 aromatic rings. The van der Waals surface area contributed by atoms with Crippen molar-refractivity contribution in [3.63, 3.8) is 0 Å². The maximum absolute atomic E-state index is 12.1. The molecular formula is C12H21N5O. The highest BCUT2D eigenvalue weighted by Gasteiger charge is 2.29. The van der Waals surface area contributed by atoms with Crippen LogP contribution in [0.4, 0.5) is 0 Å². The second-order valence-corrected chi connectivity index (χ2v) is 4.88. The maximum atomic E-state index is 12.1. The molecule has 6 nitrogen and oxygen atoms in total. The van der Waals surface area contributed by atoms with Crippen LogP contribution in [-0.2, 0) is 11.3 Å². The molecule has 18 heavy (non-hydrogen) atoms. The van der Waals surface area contributed by atoms with E-state index in [1.807, 2.05) is 24.7 Å². The quantitative estimate of drug-likeness (QED) is 0.745. The third-order valence-corrected chi connectivity index (χ3v) is 3.44. The highest BCUT2D eigenvalue weighted by Crippen LogP contribution is 2.07. The first-order valence-electron chi connectivity index (χ1n) is 6.29. The first-order valence-corrected chi connectivity index (χ1v) is 6.29. The molecule has 1 aliphatic rings. The van der Waals surface area contributed by atoms with Gasteiger partial charge in [-0.3, -0.25) is 4.79 Å². The molecule has 2 rings (SSSR count). The van der Waals surface area contributed by atoms with E-state index in [4.69, 9.17) is 5.73 Å². The zero-order chi connectivity index (χ0) is 13.1. The largest absolute Gasteiger partial charge is 0.343 e. The van der Waals surface area contributed by atoms with Crippen LogP contribution in [0.15, 0.2) is 12.4 Å². The summed E-state index contributed by atoms with van der Waals surface area (Å²) in [7, 11) is 1.83. The van der Waals surface area contributed by atoms with Crippen molar-refractivity contribution in [1.82, 2.24) is 19.8 Å². The number of nitrogens with one attached hydrogen (secondary N) is 1. The van der Waals surface area contributed by atoms with Crippen LogP contribution in [0.1, 0.15) is 12.2 Å². The van der Waals surface area contributed by atoms with E-state index < -0.39 is 0 Å². The predicted octanol–water partition coefficient (Wildman–Crippen LogP) is -0.661. The van der Waals surface area contributed by atoms with Crippen LogP contribution >= 0.6 is 0 Å². The fourth-order valence-electron chi connectivity index (χ4n) is 2.23. The number of hydrogen-bond donors (Lipinski definition) is 2. The summed E-state index contributed by atoms with van der Waals surface area (Å²) in [6, 6.07) is -0.0165. The molecule has 6 heteroatoms. The molecule has 0 bridgehead atoms. The third kappa shape index (κ3) is 2.88. The maximum Gasteiger partial charge on any atom is 0.239 e. The van der Waals surface area contributed by atoms with E-state index in [0.717, 1.165) is 25.3 Å². The molecule has 1 saturated heterocycles. The summed E-state index contributed by atoms with van der Waals surface area (Å²) in [5, 5.41) is 3.16. The lowest BCUT2D eigenvalue weighted by atomic mass is 10.1. The van der Waals surface area contributed by atoms with Crippen molar-refractivity contribution in [2.24, 2.45) is 5.73 Å². The molecule has 0 unspecified atom stereocenters.